The monoisotopic (exact) mass is 242 g/mol. The van der Waals surface area contributed by atoms with Crippen LogP contribution < -0.4 is 10.6 Å². The van der Waals surface area contributed by atoms with Crippen LogP contribution >= 0.6 is 0 Å². The van der Waals surface area contributed by atoms with E-state index in [4.69, 9.17) is 4.74 Å². The van der Waals surface area contributed by atoms with E-state index in [-0.39, 0.29) is 5.91 Å². The molecule has 0 aliphatic heterocycles. The van der Waals surface area contributed by atoms with E-state index in [1.807, 2.05) is 6.92 Å². The van der Waals surface area contributed by atoms with E-state index < -0.39 is 0 Å². The van der Waals surface area contributed by atoms with E-state index in [2.05, 4.69) is 31.1 Å². The van der Waals surface area contributed by atoms with Gasteiger partial charge in [-0.05, 0) is 19.9 Å². The first-order valence-corrected chi connectivity index (χ1v) is 6.24. The van der Waals surface area contributed by atoms with Crippen molar-refractivity contribution in [2.75, 3.05) is 26.3 Å². The summed E-state index contributed by atoms with van der Waals surface area (Å²) in [6, 6.07) is 0.480. The number of carbonyl (C=O) groups is 1. The molecule has 2 N–H and O–H groups in total. The molecule has 0 aromatic heterocycles. The fourth-order valence-corrected chi connectivity index (χ4v) is 1.24. The van der Waals surface area contributed by atoms with Gasteiger partial charge in [0.15, 0.2) is 0 Å². The van der Waals surface area contributed by atoms with Gasteiger partial charge in [0.2, 0.25) is 5.91 Å². The zero-order valence-electron chi connectivity index (χ0n) is 11.3. The summed E-state index contributed by atoms with van der Waals surface area (Å²) in [5.41, 5.74) is 0.996. The van der Waals surface area contributed by atoms with Crippen LogP contribution in [0.2, 0.25) is 0 Å². The molecule has 4 nitrogen and oxygen atoms in total. The molecule has 0 aliphatic rings. The summed E-state index contributed by atoms with van der Waals surface area (Å²) in [7, 11) is 0. The van der Waals surface area contributed by atoms with Gasteiger partial charge in [0.05, 0.1) is 13.2 Å². The lowest BCUT2D eigenvalue weighted by Gasteiger charge is -2.08. The lowest BCUT2D eigenvalue weighted by atomic mass is 10.2. The van der Waals surface area contributed by atoms with Crippen molar-refractivity contribution >= 4 is 5.91 Å². The maximum Gasteiger partial charge on any atom is 0.220 e. The molecule has 0 radical (unpaired) electrons. The van der Waals surface area contributed by atoms with E-state index in [9.17, 15) is 4.79 Å². The molecule has 0 saturated heterocycles. The summed E-state index contributed by atoms with van der Waals surface area (Å²) in [5.74, 6) is 0.0921. The maximum absolute atomic E-state index is 11.4. The summed E-state index contributed by atoms with van der Waals surface area (Å²) >= 11 is 0. The van der Waals surface area contributed by atoms with Crippen LogP contribution in [0.3, 0.4) is 0 Å². The molecule has 0 unspecified atom stereocenters. The van der Waals surface area contributed by atoms with Gasteiger partial charge in [-0.2, -0.15) is 0 Å². The maximum atomic E-state index is 11.4. The molecular weight excluding hydrogens is 216 g/mol. The van der Waals surface area contributed by atoms with Crippen LogP contribution in [0.4, 0.5) is 0 Å². The highest BCUT2D eigenvalue weighted by molar-refractivity contribution is 5.75. The molecule has 100 valence electrons. The minimum absolute atomic E-state index is 0.0921. The van der Waals surface area contributed by atoms with Crippen LogP contribution in [0.5, 0.6) is 0 Å². The molecule has 1 amide bonds. The first kappa shape index (κ1) is 16.1. The highest BCUT2D eigenvalue weighted by atomic mass is 16.5. The van der Waals surface area contributed by atoms with Crippen molar-refractivity contribution < 1.29 is 9.53 Å². The highest BCUT2D eigenvalue weighted by Crippen LogP contribution is 1.89. The van der Waals surface area contributed by atoms with Crippen LogP contribution in [0.15, 0.2) is 12.2 Å². The third-order valence-corrected chi connectivity index (χ3v) is 2.05. The zero-order valence-corrected chi connectivity index (χ0v) is 11.3. The summed E-state index contributed by atoms with van der Waals surface area (Å²) in [5, 5.41) is 6.10. The molecule has 0 atom stereocenters. The van der Waals surface area contributed by atoms with Crippen molar-refractivity contribution in [3.05, 3.63) is 12.2 Å². The summed E-state index contributed by atoms with van der Waals surface area (Å²) < 4.78 is 5.28. The Hall–Kier alpha value is -0.870. The predicted molar refractivity (Wildman–Crippen MR) is 71.0 cm³/mol. The van der Waals surface area contributed by atoms with Crippen LogP contribution in [-0.4, -0.2) is 38.3 Å². The van der Waals surface area contributed by atoms with Crippen molar-refractivity contribution in [1.82, 2.24) is 10.6 Å². The van der Waals surface area contributed by atoms with Crippen LogP contribution in [-0.2, 0) is 9.53 Å². The van der Waals surface area contributed by atoms with E-state index in [1.165, 1.54) is 0 Å². The lowest BCUT2D eigenvalue weighted by Crippen LogP contribution is -2.29. The van der Waals surface area contributed by atoms with E-state index >= 15 is 0 Å². The van der Waals surface area contributed by atoms with Crippen molar-refractivity contribution in [3.8, 4) is 0 Å². The molecule has 17 heavy (non-hydrogen) atoms. The van der Waals surface area contributed by atoms with E-state index in [1.54, 1.807) is 0 Å². The van der Waals surface area contributed by atoms with Gasteiger partial charge in [-0.3, -0.25) is 4.79 Å². The largest absolute Gasteiger partial charge is 0.375 e. The molecule has 0 fully saturated rings. The molecular formula is C13H26N2O2. The topological polar surface area (TPSA) is 50.4 Å². The third-order valence-electron chi connectivity index (χ3n) is 2.05. The Kier molecular flexibility index (Phi) is 9.77. The second-order valence-corrected chi connectivity index (χ2v) is 4.57. The molecule has 4 heteroatoms. The number of carbonyl (C=O) groups excluding carboxylic acids is 1. The molecule has 0 spiro atoms. The standard InChI is InChI=1S/C13H26N2O2/c1-11(2)10-17-9-8-15-13(16)6-5-7-14-12(3)4/h12,14H,1,5-10H2,2-4H3,(H,15,16). The summed E-state index contributed by atoms with van der Waals surface area (Å²) in [6.07, 6.45) is 1.44. The average molecular weight is 242 g/mol. The van der Waals surface area contributed by atoms with Crippen LogP contribution in [0, 0.1) is 0 Å². The van der Waals surface area contributed by atoms with Gasteiger partial charge in [0.25, 0.3) is 0 Å². The minimum atomic E-state index is 0.0921. The molecule has 0 rings (SSSR count). The Morgan fingerprint density at radius 2 is 2.06 bits per heavy atom. The first-order chi connectivity index (χ1) is 8.02. The number of hydrogen-bond acceptors (Lipinski definition) is 3. The first-order valence-electron chi connectivity index (χ1n) is 6.24. The van der Waals surface area contributed by atoms with Gasteiger partial charge >= 0.3 is 0 Å². The average Bonchev–Trinajstić information content (AvgIpc) is 2.23. The van der Waals surface area contributed by atoms with Gasteiger partial charge in [-0.25, -0.2) is 0 Å². The van der Waals surface area contributed by atoms with Gasteiger partial charge in [0.1, 0.15) is 0 Å². The normalized spacial score (nSPS) is 10.6. The number of nitrogens with one attached hydrogen (secondary N) is 2. The fraction of sp³-hybridized carbons (Fsp3) is 0.769. The summed E-state index contributed by atoms with van der Waals surface area (Å²) in [6.45, 7) is 12.4. The fourth-order valence-electron chi connectivity index (χ4n) is 1.24. The molecule has 0 bridgehead atoms. The van der Waals surface area contributed by atoms with Crippen molar-refractivity contribution in [2.45, 2.75) is 39.7 Å². The second-order valence-electron chi connectivity index (χ2n) is 4.57. The molecule has 0 aromatic carbocycles. The number of rotatable bonds is 10. The number of hydrogen-bond donors (Lipinski definition) is 2. The van der Waals surface area contributed by atoms with E-state index in [0.717, 1.165) is 18.5 Å². The van der Waals surface area contributed by atoms with Gasteiger partial charge in [-0.1, -0.05) is 26.0 Å². The van der Waals surface area contributed by atoms with E-state index in [0.29, 0.717) is 32.2 Å². The third kappa shape index (κ3) is 13.1. The Labute approximate surface area is 105 Å². The Morgan fingerprint density at radius 3 is 2.65 bits per heavy atom. The molecule has 0 saturated carbocycles. The SMILES string of the molecule is C=C(C)COCCNC(=O)CCCNC(C)C. The molecule has 0 heterocycles. The van der Waals surface area contributed by atoms with Gasteiger partial charge in [0, 0.05) is 19.0 Å². The Morgan fingerprint density at radius 1 is 1.35 bits per heavy atom. The second kappa shape index (κ2) is 10.3. The van der Waals surface area contributed by atoms with Crippen molar-refractivity contribution in [3.63, 3.8) is 0 Å². The molecule has 0 aromatic rings. The van der Waals surface area contributed by atoms with Crippen molar-refractivity contribution in [2.24, 2.45) is 0 Å². The highest BCUT2D eigenvalue weighted by Gasteiger charge is 2.00. The van der Waals surface area contributed by atoms with Crippen molar-refractivity contribution in [1.29, 1.82) is 0 Å². The van der Waals surface area contributed by atoms with Crippen LogP contribution in [0.25, 0.3) is 0 Å². The number of amides is 1. The Balaban J connectivity index is 3.26. The zero-order chi connectivity index (χ0) is 13.1. The van der Waals surface area contributed by atoms with Gasteiger partial charge < -0.3 is 15.4 Å². The summed E-state index contributed by atoms with van der Waals surface area (Å²) in [4.78, 5) is 11.4. The van der Waals surface area contributed by atoms with Crippen LogP contribution in [0.1, 0.15) is 33.6 Å². The quantitative estimate of drug-likeness (QED) is 0.450. The smallest absolute Gasteiger partial charge is 0.220 e. The lowest BCUT2D eigenvalue weighted by molar-refractivity contribution is -0.121. The minimum Gasteiger partial charge on any atom is -0.375 e. The number of ether oxygens (including phenoxy) is 1. The Bertz CT molecular complexity index is 227. The van der Waals surface area contributed by atoms with Gasteiger partial charge in [-0.15, -0.1) is 0 Å². The predicted octanol–water partition coefficient (Wildman–Crippen LogP) is 1.47. The molecule has 0 aliphatic carbocycles.